The predicted molar refractivity (Wildman–Crippen MR) is 126 cm³/mol. The van der Waals surface area contributed by atoms with Crippen molar-refractivity contribution in [1.82, 2.24) is 9.80 Å². The Kier molecular flexibility index (Phi) is 6.88. The first-order valence-corrected chi connectivity index (χ1v) is 11.0. The first kappa shape index (κ1) is 22.1. The number of methoxy groups -OCH3 is 1. The summed E-state index contributed by atoms with van der Waals surface area (Å²) in [6.07, 6.45) is 0. The van der Waals surface area contributed by atoms with Crippen molar-refractivity contribution in [3.63, 3.8) is 0 Å². The monoisotopic (exact) mass is 430 g/mol. The number of benzene rings is 3. The minimum absolute atomic E-state index is 0.0639. The van der Waals surface area contributed by atoms with Gasteiger partial charge >= 0.3 is 0 Å². The lowest BCUT2D eigenvalue weighted by Gasteiger charge is -2.36. The maximum absolute atomic E-state index is 13.3. The SMILES string of the molecule is COc1ccc(C(CO)N(C)CC(=O)N2Cc3ccccc3C(c3ccccc3)C2)cc1. The van der Waals surface area contributed by atoms with Crippen molar-refractivity contribution < 1.29 is 14.6 Å². The molecule has 0 radical (unpaired) electrons. The summed E-state index contributed by atoms with van der Waals surface area (Å²) in [5.41, 5.74) is 4.66. The quantitative estimate of drug-likeness (QED) is 0.619. The third-order valence-electron chi connectivity index (χ3n) is 6.34. The Bertz CT molecular complexity index is 1040. The second-order valence-corrected chi connectivity index (χ2v) is 8.32. The molecule has 0 fully saturated rings. The van der Waals surface area contributed by atoms with Crippen LogP contribution in [0.15, 0.2) is 78.9 Å². The molecule has 166 valence electrons. The number of fused-ring (bicyclic) bond motifs is 1. The van der Waals surface area contributed by atoms with E-state index >= 15 is 0 Å². The van der Waals surface area contributed by atoms with Crippen molar-refractivity contribution in [1.29, 1.82) is 0 Å². The fraction of sp³-hybridized carbons (Fsp3) is 0.296. The van der Waals surface area contributed by atoms with E-state index in [2.05, 4.69) is 30.3 Å². The first-order chi connectivity index (χ1) is 15.6. The van der Waals surface area contributed by atoms with Gasteiger partial charge in [0.25, 0.3) is 0 Å². The number of carbonyl (C=O) groups excluding carboxylic acids is 1. The predicted octanol–water partition coefficient (Wildman–Crippen LogP) is 3.83. The molecule has 0 aromatic heterocycles. The molecule has 2 atom stereocenters. The summed E-state index contributed by atoms with van der Waals surface area (Å²) in [5, 5.41) is 10.0. The number of likely N-dealkylation sites (N-methyl/N-ethyl adjacent to an activating group) is 1. The van der Waals surface area contributed by atoms with Gasteiger partial charge in [0, 0.05) is 19.0 Å². The fourth-order valence-corrected chi connectivity index (χ4v) is 4.52. The summed E-state index contributed by atoms with van der Waals surface area (Å²) in [7, 11) is 3.51. The van der Waals surface area contributed by atoms with Gasteiger partial charge in [-0.2, -0.15) is 0 Å². The third-order valence-corrected chi connectivity index (χ3v) is 6.34. The molecule has 3 aromatic carbocycles. The Balaban J connectivity index is 1.51. The molecule has 0 bridgehead atoms. The van der Waals surface area contributed by atoms with Gasteiger partial charge in [0.15, 0.2) is 0 Å². The van der Waals surface area contributed by atoms with Crippen LogP contribution in [0.5, 0.6) is 5.75 Å². The number of aliphatic hydroxyl groups excluding tert-OH is 1. The van der Waals surface area contributed by atoms with E-state index in [1.54, 1.807) is 7.11 Å². The molecule has 0 aliphatic carbocycles. The molecule has 1 N–H and O–H groups in total. The van der Waals surface area contributed by atoms with Gasteiger partial charge in [-0.25, -0.2) is 0 Å². The lowest BCUT2D eigenvalue weighted by Crippen LogP contribution is -2.44. The van der Waals surface area contributed by atoms with Crippen LogP contribution in [0.2, 0.25) is 0 Å². The maximum Gasteiger partial charge on any atom is 0.237 e. The zero-order valence-corrected chi connectivity index (χ0v) is 18.6. The number of aliphatic hydroxyl groups is 1. The Labute approximate surface area is 189 Å². The highest BCUT2D eigenvalue weighted by atomic mass is 16.5. The minimum atomic E-state index is -0.258. The van der Waals surface area contributed by atoms with E-state index in [0.717, 1.165) is 11.3 Å². The molecule has 1 aliphatic rings. The van der Waals surface area contributed by atoms with Gasteiger partial charge in [-0.05, 0) is 41.4 Å². The van der Waals surface area contributed by atoms with Crippen LogP contribution in [0.25, 0.3) is 0 Å². The van der Waals surface area contributed by atoms with Gasteiger partial charge in [0.1, 0.15) is 5.75 Å². The largest absolute Gasteiger partial charge is 0.497 e. The van der Waals surface area contributed by atoms with Crippen LogP contribution >= 0.6 is 0 Å². The first-order valence-electron chi connectivity index (χ1n) is 11.0. The summed E-state index contributed by atoms with van der Waals surface area (Å²) in [5.74, 6) is 0.989. The Morgan fingerprint density at radius 1 is 1.06 bits per heavy atom. The normalized spacial score (nSPS) is 16.5. The van der Waals surface area contributed by atoms with E-state index in [1.165, 1.54) is 16.7 Å². The summed E-state index contributed by atoms with van der Waals surface area (Å²) in [6, 6.07) is 26.1. The highest BCUT2D eigenvalue weighted by molar-refractivity contribution is 5.79. The highest BCUT2D eigenvalue weighted by Crippen LogP contribution is 2.33. The lowest BCUT2D eigenvalue weighted by molar-refractivity contribution is -0.134. The second kappa shape index (κ2) is 9.98. The molecule has 0 saturated carbocycles. The van der Waals surface area contributed by atoms with E-state index < -0.39 is 0 Å². The van der Waals surface area contributed by atoms with Gasteiger partial charge in [0.05, 0.1) is 26.3 Å². The minimum Gasteiger partial charge on any atom is -0.497 e. The zero-order valence-electron chi connectivity index (χ0n) is 18.6. The molecule has 1 heterocycles. The number of hydrogen-bond donors (Lipinski definition) is 1. The van der Waals surface area contributed by atoms with E-state index in [0.29, 0.717) is 13.1 Å². The molecule has 5 heteroatoms. The van der Waals surface area contributed by atoms with Gasteiger partial charge < -0.3 is 14.7 Å². The Hall–Kier alpha value is -3.15. The van der Waals surface area contributed by atoms with Crippen LogP contribution in [0.1, 0.15) is 34.2 Å². The second-order valence-electron chi connectivity index (χ2n) is 8.32. The number of rotatable bonds is 7. The van der Waals surface area contributed by atoms with Crippen LogP contribution < -0.4 is 4.74 Å². The molecule has 0 spiro atoms. The maximum atomic E-state index is 13.3. The highest BCUT2D eigenvalue weighted by Gasteiger charge is 2.30. The molecule has 0 saturated heterocycles. The third kappa shape index (κ3) is 4.69. The van der Waals surface area contributed by atoms with Crippen LogP contribution in [-0.4, -0.2) is 54.7 Å². The standard InChI is InChI=1S/C27H30N2O3/c1-28(26(19-30)21-12-14-23(32-2)15-13-21)18-27(31)29-16-22-10-6-7-11-24(22)25(17-29)20-8-4-3-5-9-20/h3-15,25-26,30H,16-19H2,1-2H3. The Morgan fingerprint density at radius 2 is 1.75 bits per heavy atom. The van der Waals surface area contributed by atoms with Crippen LogP contribution in [0.4, 0.5) is 0 Å². The van der Waals surface area contributed by atoms with Gasteiger partial charge in [-0.3, -0.25) is 9.69 Å². The van der Waals surface area contributed by atoms with Crippen molar-refractivity contribution in [2.75, 3.05) is 33.9 Å². The number of amides is 1. The smallest absolute Gasteiger partial charge is 0.237 e. The van der Waals surface area contributed by atoms with E-state index in [1.807, 2.05) is 65.4 Å². The van der Waals surface area contributed by atoms with Crippen molar-refractivity contribution >= 4 is 5.91 Å². The Morgan fingerprint density at radius 3 is 2.44 bits per heavy atom. The van der Waals surface area contributed by atoms with E-state index in [-0.39, 0.29) is 31.0 Å². The zero-order chi connectivity index (χ0) is 22.5. The summed E-state index contributed by atoms with van der Waals surface area (Å²) in [6.45, 7) is 1.44. The molecule has 1 aliphatic heterocycles. The summed E-state index contributed by atoms with van der Waals surface area (Å²) >= 11 is 0. The topological polar surface area (TPSA) is 53.0 Å². The van der Waals surface area contributed by atoms with Crippen molar-refractivity contribution in [2.24, 2.45) is 0 Å². The van der Waals surface area contributed by atoms with Gasteiger partial charge in [0.2, 0.25) is 5.91 Å². The van der Waals surface area contributed by atoms with Crippen LogP contribution in [0.3, 0.4) is 0 Å². The number of ether oxygens (including phenoxy) is 1. The molecule has 5 nitrogen and oxygen atoms in total. The average Bonchev–Trinajstić information content (AvgIpc) is 2.84. The summed E-state index contributed by atoms with van der Waals surface area (Å²) < 4.78 is 5.23. The van der Waals surface area contributed by atoms with Crippen LogP contribution in [-0.2, 0) is 11.3 Å². The molecule has 2 unspecified atom stereocenters. The number of carbonyl (C=O) groups is 1. The molecule has 1 amide bonds. The van der Waals surface area contributed by atoms with Gasteiger partial charge in [-0.1, -0.05) is 66.7 Å². The summed E-state index contributed by atoms with van der Waals surface area (Å²) in [4.78, 5) is 17.2. The lowest BCUT2D eigenvalue weighted by atomic mass is 9.84. The molecule has 3 aromatic rings. The number of hydrogen-bond acceptors (Lipinski definition) is 4. The molecular weight excluding hydrogens is 400 g/mol. The fourth-order valence-electron chi connectivity index (χ4n) is 4.52. The number of nitrogens with zero attached hydrogens (tertiary/aromatic N) is 2. The molecule has 4 rings (SSSR count). The van der Waals surface area contributed by atoms with E-state index in [9.17, 15) is 9.90 Å². The van der Waals surface area contributed by atoms with Crippen LogP contribution in [0, 0.1) is 0 Å². The van der Waals surface area contributed by atoms with Crippen molar-refractivity contribution in [2.45, 2.75) is 18.5 Å². The molecular formula is C27H30N2O3. The average molecular weight is 431 g/mol. The van der Waals surface area contributed by atoms with Crippen molar-refractivity contribution in [3.05, 3.63) is 101 Å². The van der Waals surface area contributed by atoms with Gasteiger partial charge in [-0.15, -0.1) is 0 Å². The van der Waals surface area contributed by atoms with E-state index in [4.69, 9.17) is 4.74 Å². The molecule has 32 heavy (non-hydrogen) atoms. The van der Waals surface area contributed by atoms with Crippen molar-refractivity contribution in [3.8, 4) is 5.75 Å².